The molecule has 1 aromatic rings. The lowest BCUT2D eigenvalue weighted by Gasteiger charge is -2.57. The van der Waals surface area contributed by atoms with Crippen LogP contribution >= 0.6 is 0 Å². The van der Waals surface area contributed by atoms with Gasteiger partial charge in [-0.25, -0.2) is 0 Å². The van der Waals surface area contributed by atoms with E-state index in [1.54, 1.807) is 6.20 Å². The molecule has 0 saturated heterocycles. The fraction of sp³-hybridized carbons (Fsp3) is 0.857. The number of rotatable bonds is 6. The van der Waals surface area contributed by atoms with Crippen molar-refractivity contribution in [3.05, 3.63) is 18.0 Å². The highest BCUT2D eigenvalue weighted by Gasteiger charge is 2.58. The summed E-state index contributed by atoms with van der Waals surface area (Å²) in [4.78, 5) is 0. The second kappa shape index (κ2) is 9.00. The molecule has 5 nitrogen and oxygen atoms in total. The maximum Gasteiger partial charge on any atom is 0.138 e. The molecule has 0 radical (unpaired) electrons. The Bertz CT molecular complexity index is 877. The van der Waals surface area contributed by atoms with E-state index in [1.807, 2.05) is 17.7 Å². The maximum atomic E-state index is 11.1. The number of ether oxygens (including phenoxy) is 1. The predicted molar refractivity (Wildman–Crippen MR) is 128 cm³/mol. The Morgan fingerprint density at radius 2 is 2.00 bits per heavy atom. The van der Waals surface area contributed by atoms with Gasteiger partial charge in [-0.05, 0) is 118 Å². The zero-order chi connectivity index (χ0) is 23.2. The van der Waals surface area contributed by atoms with Crippen molar-refractivity contribution in [2.75, 3.05) is 13.2 Å². The number of hydrogen-bond acceptors (Lipinski definition) is 4. The molecule has 0 amide bonds. The van der Waals surface area contributed by atoms with Gasteiger partial charge < -0.3 is 9.84 Å². The second-order valence-corrected chi connectivity index (χ2v) is 12.3. The largest absolute Gasteiger partial charge is 0.387 e. The molecule has 4 aliphatic rings. The van der Waals surface area contributed by atoms with Gasteiger partial charge in [0.05, 0.1) is 18.4 Å². The summed E-state index contributed by atoms with van der Waals surface area (Å²) in [6, 6.07) is 4.12. The third-order valence-electron chi connectivity index (χ3n) is 10.7. The molecular formula is C28H43N3O2. The monoisotopic (exact) mass is 453 g/mol. The van der Waals surface area contributed by atoms with Crippen LogP contribution in [0.5, 0.6) is 0 Å². The van der Waals surface area contributed by atoms with Gasteiger partial charge in [0.2, 0.25) is 0 Å². The number of nitrogens with zero attached hydrogens (tertiary/aromatic N) is 3. The molecule has 1 heterocycles. The molecule has 0 bridgehead atoms. The van der Waals surface area contributed by atoms with Crippen molar-refractivity contribution in [3.8, 4) is 6.07 Å². The van der Waals surface area contributed by atoms with Crippen LogP contribution in [0.15, 0.2) is 12.3 Å². The quantitative estimate of drug-likeness (QED) is 0.624. The van der Waals surface area contributed by atoms with E-state index in [0.29, 0.717) is 36.2 Å². The normalized spacial score (nSPS) is 43.2. The summed E-state index contributed by atoms with van der Waals surface area (Å²) in [6.07, 6.45) is 12.9. The SMILES string of the molecule is CCOC[C@@]1(O)CC[C@H]2[C@@H](CC[C@@H]3[C@@H]2CC[C@]2(C)[C@@H]([C@@H](C)Cn4nccc4C#N)CC[C@@H]32)C1. The van der Waals surface area contributed by atoms with Gasteiger partial charge in [0.15, 0.2) is 0 Å². The molecule has 1 aromatic heterocycles. The lowest BCUT2D eigenvalue weighted by molar-refractivity contribution is -0.129. The van der Waals surface area contributed by atoms with Crippen LogP contribution in [-0.2, 0) is 11.3 Å². The molecule has 9 atom stereocenters. The number of aromatic nitrogens is 2. The average molecular weight is 454 g/mol. The van der Waals surface area contributed by atoms with E-state index < -0.39 is 5.60 Å². The van der Waals surface area contributed by atoms with Crippen LogP contribution in [0.4, 0.5) is 0 Å². The first-order valence-electron chi connectivity index (χ1n) is 13.6. The third kappa shape index (κ3) is 4.06. The van der Waals surface area contributed by atoms with Gasteiger partial charge in [-0.1, -0.05) is 13.8 Å². The Morgan fingerprint density at radius 3 is 2.79 bits per heavy atom. The molecule has 182 valence electrons. The van der Waals surface area contributed by atoms with Crippen LogP contribution < -0.4 is 0 Å². The molecule has 0 aromatic carbocycles. The zero-order valence-corrected chi connectivity index (χ0v) is 20.9. The van der Waals surface area contributed by atoms with E-state index in [-0.39, 0.29) is 0 Å². The molecule has 4 saturated carbocycles. The van der Waals surface area contributed by atoms with Crippen molar-refractivity contribution >= 4 is 0 Å². The van der Waals surface area contributed by atoms with E-state index in [0.717, 1.165) is 49.0 Å². The van der Waals surface area contributed by atoms with Crippen LogP contribution in [0.1, 0.15) is 84.3 Å². The van der Waals surface area contributed by atoms with Crippen molar-refractivity contribution < 1.29 is 9.84 Å². The Labute approximate surface area is 199 Å². The zero-order valence-electron chi connectivity index (χ0n) is 20.9. The molecule has 33 heavy (non-hydrogen) atoms. The molecule has 5 heteroatoms. The molecule has 1 N–H and O–H groups in total. The Hall–Kier alpha value is -1.38. The summed E-state index contributed by atoms with van der Waals surface area (Å²) in [5.74, 6) is 5.36. The predicted octanol–water partition coefficient (Wildman–Crippen LogP) is 5.43. The minimum atomic E-state index is -0.587. The summed E-state index contributed by atoms with van der Waals surface area (Å²) in [7, 11) is 0. The Balaban J connectivity index is 1.27. The van der Waals surface area contributed by atoms with E-state index in [1.165, 1.54) is 44.9 Å². The standard InChI is InChI=1S/C28H43N3O2/c1-4-33-18-28(32)13-10-22-20(15-28)5-6-24-23(22)9-12-27(3)25(7-8-26(24)27)19(2)17-31-21(16-29)11-14-30-31/h11,14,19-20,22-26,32H,4-10,12-13,15,17-18H2,1-3H3/t19-,20-,22-,23+,24+,25+,26-,27+,28+/m0/s1. The Kier molecular flexibility index (Phi) is 6.38. The fourth-order valence-corrected chi connectivity index (χ4v) is 9.33. The highest BCUT2D eigenvalue weighted by atomic mass is 16.5. The van der Waals surface area contributed by atoms with E-state index >= 15 is 0 Å². The lowest BCUT2D eigenvalue weighted by atomic mass is 9.48. The maximum absolute atomic E-state index is 11.1. The number of nitriles is 1. The van der Waals surface area contributed by atoms with Gasteiger partial charge in [-0.3, -0.25) is 4.68 Å². The molecule has 0 spiro atoms. The molecule has 5 rings (SSSR count). The minimum absolute atomic E-state index is 0.428. The summed E-state index contributed by atoms with van der Waals surface area (Å²) in [5, 5.41) is 24.9. The second-order valence-electron chi connectivity index (χ2n) is 12.3. The number of fused-ring (bicyclic) bond motifs is 5. The van der Waals surface area contributed by atoms with Crippen molar-refractivity contribution in [2.24, 2.45) is 46.8 Å². The van der Waals surface area contributed by atoms with Gasteiger partial charge in [0.1, 0.15) is 11.8 Å². The highest BCUT2D eigenvalue weighted by Crippen LogP contribution is 2.65. The molecule has 4 aliphatic carbocycles. The van der Waals surface area contributed by atoms with Crippen molar-refractivity contribution in [1.29, 1.82) is 5.26 Å². The van der Waals surface area contributed by atoms with Crippen LogP contribution in [0.2, 0.25) is 0 Å². The average Bonchev–Trinajstić information content (AvgIpc) is 3.40. The van der Waals surface area contributed by atoms with Gasteiger partial charge >= 0.3 is 0 Å². The first kappa shape index (κ1) is 23.4. The minimum Gasteiger partial charge on any atom is -0.387 e. The number of hydrogen-bond donors (Lipinski definition) is 1. The van der Waals surface area contributed by atoms with Crippen LogP contribution in [0.3, 0.4) is 0 Å². The lowest BCUT2D eigenvalue weighted by Crippen LogP contribution is -2.52. The van der Waals surface area contributed by atoms with Gasteiger partial charge in [0, 0.05) is 13.2 Å². The van der Waals surface area contributed by atoms with Gasteiger partial charge in [0.25, 0.3) is 0 Å². The van der Waals surface area contributed by atoms with E-state index in [2.05, 4.69) is 25.0 Å². The summed E-state index contributed by atoms with van der Waals surface area (Å²) in [6.45, 7) is 9.09. The van der Waals surface area contributed by atoms with Crippen LogP contribution in [0.25, 0.3) is 0 Å². The van der Waals surface area contributed by atoms with E-state index in [4.69, 9.17) is 4.74 Å². The molecule has 0 unspecified atom stereocenters. The van der Waals surface area contributed by atoms with Crippen molar-refractivity contribution in [1.82, 2.24) is 9.78 Å². The summed E-state index contributed by atoms with van der Waals surface area (Å²) in [5.41, 5.74) is 0.526. The molecule has 4 fully saturated rings. The highest BCUT2D eigenvalue weighted by molar-refractivity contribution is 5.18. The number of aliphatic hydroxyl groups is 1. The van der Waals surface area contributed by atoms with Gasteiger partial charge in [-0.15, -0.1) is 0 Å². The summed E-state index contributed by atoms with van der Waals surface area (Å²) < 4.78 is 7.56. The smallest absolute Gasteiger partial charge is 0.138 e. The fourth-order valence-electron chi connectivity index (χ4n) is 9.33. The molecular weight excluding hydrogens is 410 g/mol. The van der Waals surface area contributed by atoms with Gasteiger partial charge in [-0.2, -0.15) is 10.4 Å². The van der Waals surface area contributed by atoms with E-state index in [9.17, 15) is 10.4 Å². The first-order chi connectivity index (χ1) is 15.9. The van der Waals surface area contributed by atoms with Crippen LogP contribution in [0, 0.1) is 58.2 Å². The topological polar surface area (TPSA) is 71.1 Å². The third-order valence-corrected chi connectivity index (χ3v) is 10.7. The first-order valence-corrected chi connectivity index (χ1v) is 13.6. The van der Waals surface area contributed by atoms with Crippen molar-refractivity contribution in [2.45, 2.75) is 90.7 Å². The summed E-state index contributed by atoms with van der Waals surface area (Å²) >= 11 is 0. The molecule has 0 aliphatic heterocycles. The van der Waals surface area contributed by atoms with Crippen molar-refractivity contribution in [3.63, 3.8) is 0 Å². The van der Waals surface area contributed by atoms with Crippen LogP contribution in [-0.4, -0.2) is 33.7 Å². The Morgan fingerprint density at radius 1 is 1.18 bits per heavy atom.